The van der Waals surface area contributed by atoms with Crippen LogP contribution in [0.25, 0.3) is 11.1 Å². The topological polar surface area (TPSA) is 30.5 Å². The van der Waals surface area contributed by atoms with E-state index in [-0.39, 0.29) is 0 Å². The van der Waals surface area contributed by atoms with E-state index in [0.717, 1.165) is 22.7 Å². The molecule has 0 bridgehead atoms. The Kier molecular flexibility index (Phi) is 3.70. The number of ether oxygens (including phenoxy) is 2. The molecule has 0 saturated carbocycles. The third-order valence-corrected chi connectivity index (χ3v) is 3.96. The van der Waals surface area contributed by atoms with E-state index in [1.807, 2.05) is 24.3 Å². The van der Waals surface area contributed by atoms with Gasteiger partial charge in [-0.15, -0.1) is 0 Å². The molecule has 0 aliphatic carbocycles. The molecule has 1 aliphatic heterocycles. The number of hydrogen-bond donors (Lipinski definition) is 1. The lowest BCUT2D eigenvalue weighted by Gasteiger charge is -2.22. The molecule has 1 aliphatic rings. The Hall–Kier alpha value is -2.78. The van der Waals surface area contributed by atoms with Crippen molar-refractivity contribution in [2.75, 3.05) is 12.1 Å². The molecule has 3 aromatic rings. The molecule has 0 fully saturated rings. The Balaban J connectivity index is 1.74. The number of hydrogen-bond acceptors (Lipinski definition) is 3. The summed E-state index contributed by atoms with van der Waals surface area (Å²) in [5, 5.41) is 3.54. The van der Waals surface area contributed by atoms with Crippen LogP contribution in [0.2, 0.25) is 0 Å². The lowest BCUT2D eigenvalue weighted by molar-refractivity contribution is -0.0159. The Labute approximate surface area is 135 Å². The van der Waals surface area contributed by atoms with E-state index >= 15 is 0 Å². The van der Waals surface area contributed by atoms with E-state index in [4.69, 9.17) is 9.47 Å². The normalized spacial score (nSPS) is 13.0. The molecule has 0 aromatic heterocycles. The zero-order valence-corrected chi connectivity index (χ0v) is 12.7. The lowest BCUT2D eigenvalue weighted by atomic mass is 10.0. The van der Waals surface area contributed by atoms with Gasteiger partial charge in [-0.1, -0.05) is 54.6 Å². The highest BCUT2D eigenvalue weighted by atomic mass is 16.7. The van der Waals surface area contributed by atoms with Crippen molar-refractivity contribution in [1.29, 1.82) is 0 Å². The van der Waals surface area contributed by atoms with Gasteiger partial charge in [-0.3, -0.25) is 0 Å². The number of fused-ring (bicyclic) bond motifs is 1. The van der Waals surface area contributed by atoms with Crippen LogP contribution in [0.1, 0.15) is 5.56 Å². The summed E-state index contributed by atoms with van der Waals surface area (Å²) in [6, 6.07) is 24.7. The van der Waals surface area contributed by atoms with Gasteiger partial charge in [0.25, 0.3) is 0 Å². The van der Waals surface area contributed by atoms with Gasteiger partial charge in [0.1, 0.15) is 5.75 Å². The van der Waals surface area contributed by atoms with Crippen molar-refractivity contribution in [2.45, 2.75) is 6.61 Å². The molecule has 3 aromatic carbocycles. The SMILES string of the molecule is c1ccc(-c2ccccc2Nc2cccc3c2COCO3)cc1. The van der Waals surface area contributed by atoms with Crippen molar-refractivity contribution < 1.29 is 9.47 Å². The van der Waals surface area contributed by atoms with Crippen LogP contribution in [0.15, 0.2) is 72.8 Å². The fourth-order valence-electron chi connectivity index (χ4n) is 2.82. The predicted molar refractivity (Wildman–Crippen MR) is 91.9 cm³/mol. The minimum Gasteiger partial charge on any atom is -0.467 e. The number of anilines is 2. The molecule has 0 amide bonds. The average molecular weight is 303 g/mol. The Morgan fingerprint density at radius 3 is 2.43 bits per heavy atom. The fraction of sp³-hybridized carbons (Fsp3) is 0.100. The van der Waals surface area contributed by atoms with Gasteiger partial charge in [-0.25, -0.2) is 0 Å². The fourth-order valence-corrected chi connectivity index (χ4v) is 2.82. The van der Waals surface area contributed by atoms with Crippen LogP contribution in [0.5, 0.6) is 5.75 Å². The molecule has 0 atom stereocenters. The van der Waals surface area contributed by atoms with Gasteiger partial charge in [-0.2, -0.15) is 0 Å². The molecular formula is C20H17NO2. The first kappa shape index (κ1) is 13.9. The third-order valence-electron chi connectivity index (χ3n) is 3.96. The smallest absolute Gasteiger partial charge is 0.189 e. The standard InChI is InChI=1S/C20H17NO2/c1-2-7-15(8-3-1)16-9-4-5-10-18(16)21-19-11-6-12-20-17(19)13-22-14-23-20/h1-12,21H,13-14H2. The molecule has 4 rings (SSSR count). The summed E-state index contributed by atoms with van der Waals surface area (Å²) >= 11 is 0. The number of benzene rings is 3. The molecule has 23 heavy (non-hydrogen) atoms. The molecule has 0 radical (unpaired) electrons. The van der Waals surface area contributed by atoms with Crippen molar-refractivity contribution in [2.24, 2.45) is 0 Å². The maximum atomic E-state index is 5.55. The summed E-state index contributed by atoms with van der Waals surface area (Å²) in [4.78, 5) is 0. The summed E-state index contributed by atoms with van der Waals surface area (Å²) in [7, 11) is 0. The third kappa shape index (κ3) is 2.79. The highest BCUT2D eigenvalue weighted by Crippen LogP contribution is 2.35. The first-order chi connectivity index (χ1) is 11.4. The van der Waals surface area contributed by atoms with E-state index in [9.17, 15) is 0 Å². The maximum Gasteiger partial charge on any atom is 0.189 e. The van der Waals surface area contributed by atoms with Crippen molar-refractivity contribution >= 4 is 11.4 Å². The quantitative estimate of drug-likeness (QED) is 0.741. The van der Waals surface area contributed by atoms with Crippen molar-refractivity contribution in [3.8, 4) is 16.9 Å². The van der Waals surface area contributed by atoms with Gasteiger partial charge < -0.3 is 14.8 Å². The summed E-state index contributed by atoms with van der Waals surface area (Å²) < 4.78 is 11.0. The second-order valence-electron chi connectivity index (χ2n) is 5.43. The zero-order valence-electron chi connectivity index (χ0n) is 12.7. The maximum absolute atomic E-state index is 5.55. The highest BCUT2D eigenvalue weighted by Gasteiger charge is 2.15. The molecule has 3 heteroatoms. The van der Waals surface area contributed by atoms with Crippen LogP contribution in [-0.2, 0) is 11.3 Å². The van der Waals surface area contributed by atoms with E-state index in [0.29, 0.717) is 13.4 Å². The molecule has 1 N–H and O–H groups in total. The predicted octanol–water partition coefficient (Wildman–Crippen LogP) is 4.96. The first-order valence-electron chi connectivity index (χ1n) is 7.66. The summed E-state index contributed by atoms with van der Waals surface area (Å²) in [5.41, 5.74) is 5.50. The van der Waals surface area contributed by atoms with Gasteiger partial charge in [0, 0.05) is 22.5 Å². The lowest BCUT2D eigenvalue weighted by Crippen LogP contribution is -2.12. The van der Waals surface area contributed by atoms with E-state index < -0.39 is 0 Å². The largest absolute Gasteiger partial charge is 0.467 e. The van der Waals surface area contributed by atoms with Crippen LogP contribution in [0.3, 0.4) is 0 Å². The Bertz CT molecular complexity index is 815. The van der Waals surface area contributed by atoms with Crippen LogP contribution >= 0.6 is 0 Å². The summed E-state index contributed by atoms with van der Waals surface area (Å²) in [5.74, 6) is 0.887. The van der Waals surface area contributed by atoms with Crippen molar-refractivity contribution in [1.82, 2.24) is 0 Å². The molecule has 3 nitrogen and oxygen atoms in total. The minimum atomic E-state index is 0.317. The van der Waals surface area contributed by atoms with Crippen LogP contribution in [-0.4, -0.2) is 6.79 Å². The number of rotatable bonds is 3. The van der Waals surface area contributed by atoms with Crippen LogP contribution < -0.4 is 10.1 Å². The number of nitrogens with one attached hydrogen (secondary N) is 1. The molecule has 0 spiro atoms. The van der Waals surface area contributed by atoms with Crippen LogP contribution in [0.4, 0.5) is 11.4 Å². The van der Waals surface area contributed by atoms with Gasteiger partial charge in [0.2, 0.25) is 0 Å². The van der Waals surface area contributed by atoms with Gasteiger partial charge in [0.15, 0.2) is 6.79 Å². The van der Waals surface area contributed by atoms with E-state index in [1.165, 1.54) is 11.1 Å². The van der Waals surface area contributed by atoms with Gasteiger partial charge >= 0.3 is 0 Å². The monoisotopic (exact) mass is 303 g/mol. The van der Waals surface area contributed by atoms with Gasteiger partial charge in [-0.05, 0) is 23.8 Å². The zero-order chi connectivity index (χ0) is 15.5. The summed E-state index contributed by atoms with van der Waals surface area (Å²) in [6.07, 6.45) is 0. The highest BCUT2D eigenvalue weighted by molar-refractivity contribution is 5.82. The minimum absolute atomic E-state index is 0.317. The molecule has 1 heterocycles. The second kappa shape index (κ2) is 6.15. The molecule has 114 valence electrons. The second-order valence-corrected chi connectivity index (χ2v) is 5.43. The molecule has 0 saturated heterocycles. The van der Waals surface area contributed by atoms with Crippen molar-refractivity contribution in [3.63, 3.8) is 0 Å². The van der Waals surface area contributed by atoms with E-state index in [2.05, 4.69) is 53.8 Å². The van der Waals surface area contributed by atoms with Crippen LogP contribution in [0, 0.1) is 0 Å². The first-order valence-corrected chi connectivity index (χ1v) is 7.66. The molecule has 0 unspecified atom stereocenters. The van der Waals surface area contributed by atoms with Crippen molar-refractivity contribution in [3.05, 3.63) is 78.4 Å². The average Bonchev–Trinajstić information content (AvgIpc) is 2.63. The number of para-hydroxylation sites is 1. The van der Waals surface area contributed by atoms with E-state index in [1.54, 1.807) is 0 Å². The summed E-state index contributed by atoms with van der Waals surface area (Å²) in [6.45, 7) is 0.878. The Morgan fingerprint density at radius 1 is 0.739 bits per heavy atom. The Morgan fingerprint density at radius 2 is 1.52 bits per heavy atom. The molecular weight excluding hydrogens is 286 g/mol. The van der Waals surface area contributed by atoms with Gasteiger partial charge in [0.05, 0.1) is 6.61 Å².